The number of carbonyl (C=O) groups is 1. The fourth-order valence-corrected chi connectivity index (χ4v) is 1.68. The Morgan fingerprint density at radius 1 is 1.67 bits per heavy atom. The Kier molecular flexibility index (Phi) is 2.04. The zero-order valence-corrected chi connectivity index (χ0v) is 8.59. The van der Waals surface area contributed by atoms with Gasteiger partial charge in [0.25, 0.3) is 0 Å². The maximum atomic E-state index is 11.0. The minimum Gasteiger partial charge on any atom is -0.478 e. The average Bonchev–Trinajstić information content (AvgIpc) is 2.49. The third-order valence-electron chi connectivity index (χ3n) is 2.24. The summed E-state index contributed by atoms with van der Waals surface area (Å²) in [4.78, 5) is 11.0. The van der Waals surface area contributed by atoms with E-state index in [-0.39, 0.29) is 16.3 Å². The highest BCUT2D eigenvalue weighted by Crippen LogP contribution is 2.31. The molecule has 0 aliphatic carbocycles. The molecule has 0 atom stereocenters. The molecular formula is C9H8ClN3O2. The van der Waals surface area contributed by atoms with Gasteiger partial charge in [0.05, 0.1) is 10.7 Å². The molecule has 4 N–H and O–H groups in total. The molecule has 78 valence electrons. The summed E-state index contributed by atoms with van der Waals surface area (Å²) in [5.74, 6) is -1.13. The largest absolute Gasteiger partial charge is 0.478 e. The van der Waals surface area contributed by atoms with Crippen LogP contribution in [0.1, 0.15) is 16.1 Å². The Morgan fingerprint density at radius 2 is 2.33 bits per heavy atom. The van der Waals surface area contributed by atoms with Crippen molar-refractivity contribution in [3.8, 4) is 0 Å². The van der Waals surface area contributed by atoms with E-state index >= 15 is 0 Å². The van der Waals surface area contributed by atoms with E-state index in [2.05, 4.69) is 10.2 Å². The normalized spacial score (nSPS) is 10.8. The lowest BCUT2D eigenvalue weighted by atomic mass is 10.1. The fourth-order valence-electron chi connectivity index (χ4n) is 1.47. The van der Waals surface area contributed by atoms with E-state index in [0.29, 0.717) is 10.9 Å². The monoisotopic (exact) mass is 225 g/mol. The van der Waals surface area contributed by atoms with Crippen LogP contribution in [0.2, 0.25) is 5.02 Å². The molecule has 0 spiro atoms. The number of carboxylic acid groups (broad SMARTS) is 1. The van der Waals surface area contributed by atoms with Crippen LogP contribution in [0.15, 0.2) is 6.07 Å². The van der Waals surface area contributed by atoms with Gasteiger partial charge in [-0.2, -0.15) is 5.10 Å². The maximum absolute atomic E-state index is 11.0. The van der Waals surface area contributed by atoms with Crippen LogP contribution in [0.25, 0.3) is 10.9 Å². The first kappa shape index (κ1) is 9.79. The molecule has 2 rings (SSSR count). The number of aromatic amines is 1. The van der Waals surface area contributed by atoms with Gasteiger partial charge in [-0.15, -0.1) is 0 Å². The van der Waals surface area contributed by atoms with Gasteiger partial charge in [-0.25, -0.2) is 4.79 Å². The minimum atomic E-state index is -1.13. The molecule has 0 bridgehead atoms. The van der Waals surface area contributed by atoms with Gasteiger partial charge in [0.1, 0.15) is 11.1 Å². The number of hydrogen-bond acceptors (Lipinski definition) is 3. The highest BCUT2D eigenvalue weighted by Gasteiger charge is 2.19. The molecule has 0 fully saturated rings. The second-order valence-electron chi connectivity index (χ2n) is 3.20. The molecule has 0 saturated heterocycles. The molecule has 0 amide bonds. The molecule has 2 aromatic rings. The number of aryl methyl sites for hydroxylation is 1. The topological polar surface area (TPSA) is 92.0 Å². The van der Waals surface area contributed by atoms with E-state index in [1.165, 1.54) is 0 Å². The lowest BCUT2D eigenvalue weighted by molar-refractivity contribution is 0.0700. The second-order valence-corrected chi connectivity index (χ2v) is 3.60. The predicted octanol–water partition coefficient (Wildman–Crippen LogP) is 1.81. The number of carboxylic acids is 1. The second kappa shape index (κ2) is 3.13. The van der Waals surface area contributed by atoms with Gasteiger partial charge in [0, 0.05) is 11.1 Å². The van der Waals surface area contributed by atoms with Gasteiger partial charge in [0.15, 0.2) is 0 Å². The standard InChI is InChI=1S/C9H8ClN3O2/c1-3-4-2-5(10)7(11)6(9(14)15)8(4)13-12-3/h2H,11H2,1H3,(H,12,13)(H,14,15). The first-order valence-electron chi connectivity index (χ1n) is 4.18. The number of anilines is 1. The summed E-state index contributed by atoms with van der Waals surface area (Å²) in [6, 6.07) is 1.61. The van der Waals surface area contributed by atoms with E-state index in [1.807, 2.05) is 0 Å². The van der Waals surface area contributed by atoms with Gasteiger partial charge in [-0.3, -0.25) is 5.10 Å². The van der Waals surface area contributed by atoms with Crippen molar-refractivity contribution in [1.82, 2.24) is 10.2 Å². The van der Waals surface area contributed by atoms with Crippen molar-refractivity contribution < 1.29 is 9.90 Å². The number of aromatic carboxylic acids is 1. The summed E-state index contributed by atoms with van der Waals surface area (Å²) in [6.07, 6.45) is 0. The van der Waals surface area contributed by atoms with Gasteiger partial charge in [-0.05, 0) is 13.0 Å². The first-order valence-corrected chi connectivity index (χ1v) is 4.56. The number of aromatic nitrogens is 2. The number of nitrogens with zero attached hydrogens (tertiary/aromatic N) is 1. The fraction of sp³-hybridized carbons (Fsp3) is 0.111. The van der Waals surface area contributed by atoms with E-state index in [9.17, 15) is 4.79 Å². The molecule has 0 saturated carbocycles. The van der Waals surface area contributed by atoms with Crippen LogP contribution in [-0.2, 0) is 0 Å². The summed E-state index contributed by atoms with van der Waals surface area (Å²) in [5.41, 5.74) is 6.68. The summed E-state index contributed by atoms with van der Waals surface area (Å²) >= 11 is 5.84. The van der Waals surface area contributed by atoms with Crippen molar-refractivity contribution in [3.05, 3.63) is 22.3 Å². The van der Waals surface area contributed by atoms with Crippen LogP contribution in [0, 0.1) is 6.92 Å². The molecule has 1 heterocycles. The number of hydrogen-bond donors (Lipinski definition) is 3. The molecule has 6 heteroatoms. The molecule has 0 aliphatic rings. The number of nitrogen functional groups attached to an aromatic ring is 1. The molecule has 15 heavy (non-hydrogen) atoms. The maximum Gasteiger partial charge on any atom is 0.340 e. The molecule has 1 aromatic carbocycles. The van der Waals surface area contributed by atoms with Crippen molar-refractivity contribution in [3.63, 3.8) is 0 Å². The third-order valence-corrected chi connectivity index (χ3v) is 2.56. The van der Waals surface area contributed by atoms with Crippen LogP contribution in [0.4, 0.5) is 5.69 Å². The Morgan fingerprint density at radius 3 is 2.93 bits per heavy atom. The summed E-state index contributed by atoms with van der Waals surface area (Å²) in [5, 5.41) is 16.5. The van der Waals surface area contributed by atoms with Gasteiger partial charge in [-0.1, -0.05) is 11.6 Å². The minimum absolute atomic E-state index is 0.0446. The van der Waals surface area contributed by atoms with Crippen molar-refractivity contribution in [2.75, 3.05) is 5.73 Å². The van der Waals surface area contributed by atoms with Crippen molar-refractivity contribution in [2.45, 2.75) is 6.92 Å². The molecular weight excluding hydrogens is 218 g/mol. The van der Waals surface area contributed by atoms with Gasteiger partial charge < -0.3 is 10.8 Å². The Bertz CT molecular complexity index is 562. The van der Waals surface area contributed by atoms with E-state index < -0.39 is 5.97 Å². The Hall–Kier alpha value is -1.75. The summed E-state index contributed by atoms with van der Waals surface area (Å²) in [7, 11) is 0. The average molecular weight is 226 g/mol. The van der Waals surface area contributed by atoms with E-state index in [4.69, 9.17) is 22.4 Å². The van der Waals surface area contributed by atoms with Crippen LogP contribution in [0.3, 0.4) is 0 Å². The van der Waals surface area contributed by atoms with Crippen LogP contribution >= 0.6 is 11.6 Å². The van der Waals surface area contributed by atoms with E-state index in [0.717, 1.165) is 5.69 Å². The number of rotatable bonds is 1. The zero-order valence-electron chi connectivity index (χ0n) is 7.84. The van der Waals surface area contributed by atoms with Gasteiger partial charge >= 0.3 is 5.97 Å². The number of H-pyrrole nitrogens is 1. The summed E-state index contributed by atoms with van der Waals surface area (Å²) in [6.45, 7) is 1.79. The highest BCUT2D eigenvalue weighted by atomic mass is 35.5. The quantitative estimate of drug-likeness (QED) is 0.646. The smallest absolute Gasteiger partial charge is 0.340 e. The van der Waals surface area contributed by atoms with Crippen molar-refractivity contribution >= 4 is 34.2 Å². The SMILES string of the molecule is Cc1[nH]nc2c(C(=O)O)c(N)c(Cl)cc12. The zero-order chi connectivity index (χ0) is 11.2. The molecule has 0 radical (unpaired) electrons. The highest BCUT2D eigenvalue weighted by molar-refractivity contribution is 6.35. The first-order chi connectivity index (χ1) is 7.02. The molecule has 0 aliphatic heterocycles. The van der Waals surface area contributed by atoms with Crippen molar-refractivity contribution in [2.24, 2.45) is 0 Å². The van der Waals surface area contributed by atoms with Crippen LogP contribution < -0.4 is 5.73 Å². The van der Waals surface area contributed by atoms with Crippen LogP contribution in [-0.4, -0.2) is 21.3 Å². The number of nitrogens with one attached hydrogen (secondary N) is 1. The number of halogens is 1. The lowest BCUT2D eigenvalue weighted by Crippen LogP contribution is -2.04. The number of fused-ring (bicyclic) bond motifs is 1. The van der Waals surface area contributed by atoms with Crippen LogP contribution in [0.5, 0.6) is 0 Å². The van der Waals surface area contributed by atoms with Crippen molar-refractivity contribution in [1.29, 1.82) is 0 Å². The molecule has 5 nitrogen and oxygen atoms in total. The predicted molar refractivity (Wildman–Crippen MR) is 57.2 cm³/mol. The van der Waals surface area contributed by atoms with Gasteiger partial charge in [0.2, 0.25) is 0 Å². The number of nitrogens with two attached hydrogens (primary N) is 1. The molecule has 1 aromatic heterocycles. The summed E-state index contributed by atoms with van der Waals surface area (Å²) < 4.78 is 0. The van der Waals surface area contributed by atoms with E-state index in [1.54, 1.807) is 13.0 Å². The lowest BCUT2D eigenvalue weighted by Gasteiger charge is -2.03. The number of benzene rings is 1. The Balaban J connectivity index is 2.97. The molecule has 0 unspecified atom stereocenters. The third kappa shape index (κ3) is 1.32. The Labute approximate surface area is 89.8 Å².